The molecule has 0 aliphatic carbocycles. The molecule has 182 valence electrons. The molecule has 1 aliphatic heterocycles. The summed E-state index contributed by atoms with van der Waals surface area (Å²) in [6, 6.07) is 17.1. The van der Waals surface area contributed by atoms with Crippen molar-refractivity contribution >= 4 is 39.6 Å². The fourth-order valence-electron chi connectivity index (χ4n) is 4.36. The van der Waals surface area contributed by atoms with Gasteiger partial charge in [-0.15, -0.1) is 5.10 Å². The average molecular weight is 484 g/mol. The molecule has 0 radical (unpaired) electrons. The first-order valence-electron chi connectivity index (χ1n) is 11.7. The number of H-pyrrole nitrogens is 2. The molecule has 4 heterocycles. The second-order valence-electron chi connectivity index (χ2n) is 8.57. The molecular formula is C25H25N9O2. The van der Waals surface area contributed by atoms with Gasteiger partial charge in [-0.25, -0.2) is 0 Å². The van der Waals surface area contributed by atoms with Crippen molar-refractivity contribution in [2.45, 2.75) is 6.92 Å². The maximum Gasteiger partial charge on any atom is 0.279 e. The number of rotatable bonds is 6. The van der Waals surface area contributed by atoms with Crippen LogP contribution in [0.1, 0.15) is 5.69 Å². The first kappa shape index (κ1) is 21.9. The summed E-state index contributed by atoms with van der Waals surface area (Å²) in [5.41, 5.74) is 3.16. The van der Waals surface area contributed by atoms with Crippen LogP contribution in [0.25, 0.3) is 16.5 Å². The van der Waals surface area contributed by atoms with E-state index in [1.165, 1.54) is 4.68 Å². The van der Waals surface area contributed by atoms with Crippen molar-refractivity contribution < 1.29 is 4.74 Å². The van der Waals surface area contributed by atoms with E-state index in [1.807, 2.05) is 55.5 Å². The van der Waals surface area contributed by atoms with E-state index in [4.69, 9.17) is 9.84 Å². The lowest BCUT2D eigenvalue weighted by atomic mass is 10.1. The third kappa shape index (κ3) is 4.16. The number of nitrogens with zero attached hydrogens (tertiary/aromatic N) is 5. The van der Waals surface area contributed by atoms with Crippen molar-refractivity contribution in [3.8, 4) is 5.69 Å². The summed E-state index contributed by atoms with van der Waals surface area (Å²) in [7, 11) is 0. The number of ether oxygens (including phenoxy) is 1. The molecule has 1 saturated heterocycles. The molecule has 0 spiro atoms. The van der Waals surface area contributed by atoms with Gasteiger partial charge in [-0.05, 0) is 43.3 Å². The van der Waals surface area contributed by atoms with Gasteiger partial charge in [0.05, 0.1) is 41.6 Å². The number of morpholine rings is 1. The molecule has 0 unspecified atom stereocenters. The van der Waals surface area contributed by atoms with Crippen molar-refractivity contribution in [1.29, 1.82) is 0 Å². The highest BCUT2D eigenvalue weighted by molar-refractivity contribution is 6.03. The van der Waals surface area contributed by atoms with Gasteiger partial charge in [0, 0.05) is 36.6 Å². The van der Waals surface area contributed by atoms with Gasteiger partial charge in [0.25, 0.3) is 5.56 Å². The molecule has 0 bridgehead atoms. The van der Waals surface area contributed by atoms with Gasteiger partial charge in [0.15, 0.2) is 11.6 Å². The Bertz CT molecular complexity index is 1550. The number of aryl methyl sites for hydroxylation is 1. The number of anilines is 5. The van der Waals surface area contributed by atoms with Gasteiger partial charge in [-0.3, -0.25) is 15.0 Å². The second kappa shape index (κ2) is 9.19. The molecule has 36 heavy (non-hydrogen) atoms. The molecule has 11 heteroatoms. The van der Waals surface area contributed by atoms with Gasteiger partial charge in [-0.2, -0.15) is 14.9 Å². The third-order valence-electron chi connectivity index (χ3n) is 6.12. The highest BCUT2D eigenvalue weighted by Gasteiger charge is 2.18. The largest absolute Gasteiger partial charge is 0.378 e. The van der Waals surface area contributed by atoms with Crippen molar-refractivity contribution in [2.24, 2.45) is 0 Å². The number of hydrogen-bond acceptors (Lipinski definition) is 8. The SMILES string of the molecule is Cc1cc(Nc2nn(-c3ccc(N4CCOCC4)cc3)c(=O)c3cccc(Nc4ccn[nH]4)c23)n[nH]1. The van der Waals surface area contributed by atoms with Crippen LogP contribution in [0.4, 0.5) is 28.8 Å². The van der Waals surface area contributed by atoms with Gasteiger partial charge >= 0.3 is 0 Å². The summed E-state index contributed by atoms with van der Waals surface area (Å²) in [6.07, 6.45) is 1.66. The van der Waals surface area contributed by atoms with E-state index in [-0.39, 0.29) is 5.56 Å². The summed E-state index contributed by atoms with van der Waals surface area (Å²) in [5, 5.41) is 26.6. The van der Waals surface area contributed by atoms with Crippen LogP contribution in [0.15, 0.2) is 65.6 Å². The fourth-order valence-corrected chi connectivity index (χ4v) is 4.36. The molecule has 1 aliphatic rings. The minimum atomic E-state index is -0.221. The highest BCUT2D eigenvalue weighted by atomic mass is 16.5. The van der Waals surface area contributed by atoms with Crippen molar-refractivity contribution in [1.82, 2.24) is 30.2 Å². The third-order valence-corrected chi connectivity index (χ3v) is 6.12. The number of benzene rings is 2. The summed E-state index contributed by atoms with van der Waals surface area (Å²) in [5.74, 6) is 1.80. The van der Waals surface area contributed by atoms with Gasteiger partial charge in [0.1, 0.15) is 5.82 Å². The summed E-state index contributed by atoms with van der Waals surface area (Å²) in [6.45, 7) is 5.04. The lowest BCUT2D eigenvalue weighted by Gasteiger charge is -2.28. The minimum Gasteiger partial charge on any atom is -0.378 e. The molecule has 2 aromatic carbocycles. The van der Waals surface area contributed by atoms with Crippen LogP contribution in [0.5, 0.6) is 0 Å². The molecule has 4 N–H and O–H groups in total. The predicted octanol–water partition coefficient (Wildman–Crippen LogP) is 3.46. The van der Waals surface area contributed by atoms with E-state index >= 15 is 0 Å². The first-order chi connectivity index (χ1) is 17.7. The number of aromatic amines is 2. The van der Waals surface area contributed by atoms with E-state index in [2.05, 4.69) is 35.9 Å². The van der Waals surface area contributed by atoms with Gasteiger partial charge in [0.2, 0.25) is 0 Å². The maximum absolute atomic E-state index is 13.7. The number of aromatic nitrogens is 6. The smallest absolute Gasteiger partial charge is 0.279 e. The minimum absolute atomic E-state index is 0.221. The predicted molar refractivity (Wildman–Crippen MR) is 139 cm³/mol. The monoisotopic (exact) mass is 483 g/mol. The fraction of sp³-hybridized carbons (Fsp3) is 0.200. The molecule has 0 amide bonds. The number of nitrogens with one attached hydrogen (secondary N) is 4. The van der Waals surface area contributed by atoms with Crippen LogP contribution in [0.2, 0.25) is 0 Å². The van der Waals surface area contributed by atoms with E-state index < -0.39 is 0 Å². The van der Waals surface area contributed by atoms with Crippen molar-refractivity contribution in [3.63, 3.8) is 0 Å². The lowest BCUT2D eigenvalue weighted by Crippen LogP contribution is -2.36. The number of fused-ring (bicyclic) bond motifs is 1. The second-order valence-corrected chi connectivity index (χ2v) is 8.57. The molecule has 0 saturated carbocycles. The Balaban J connectivity index is 1.47. The topological polar surface area (TPSA) is 129 Å². The van der Waals surface area contributed by atoms with E-state index in [0.29, 0.717) is 52.8 Å². The Morgan fingerprint density at radius 1 is 0.972 bits per heavy atom. The quantitative estimate of drug-likeness (QED) is 0.289. The standard InChI is InChI=1S/C25H25N9O2/c1-16-15-22(31-29-16)28-24-23-19(3-2-4-20(23)27-21-9-10-26-30-21)25(35)34(32-24)18-7-5-17(6-8-18)33-11-13-36-14-12-33/h2-10,15H,11-14H2,1H3,(H2,26,27,30)(H2,28,29,31,32). The molecule has 3 aromatic heterocycles. The van der Waals surface area contributed by atoms with Gasteiger partial charge < -0.3 is 20.3 Å². The molecule has 1 fully saturated rings. The Labute approximate surface area is 206 Å². The zero-order valence-corrected chi connectivity index (χ0v) is 19.7. The lowest BCUT2D eigenvalue weighted by molar-refractivity contribution is 0.122. The van der Waals surface area contributed by atoms with Crippen LogP contribution in [0, 0.1) is 6.92 Å². The van der Waals surface area contributed by atoms with Crippen molar-refractivity contribution in [2.75, 3.05) is 41.8 Å². The summed E-state index contributed by atoms with van der Waals surface area (Å²) in [4.78, 5) is 15.9. The maximum atomic E-state index is 13.7. The molecule has 5 aromatic rings. The zero-order valence-electron chi connectivity index (χ0n) is 19.7. The molecule has 6 rings (SSSR count). The van der Waals surface area contributed by atoms with Crippen LogP contribution in [0.3, 0.4) is 0 Å². The average Bonchev–Trinajstić information content (AvgIpc) is 3.58. The van der Waals surface area contributed by atoms with Crippen LogP contribution < -0.4 is 21.1 Å². The molecular weight excluding hydrogens is 458 g/mol. The first-order valence-corrected chi connectivity index (χ1v) is 11.7. The Morgan fingerprint density at radius 2 is 1.78 bits per heavy atom. The van der Waals surface area contributed by atoms with E-state index in [1.54, 1.807) is 12.3 Å². The Hall–Kier alpha value is -4.64. The van der Waals surface area contributed by atoms with Crippen molar-refractivity contribution in [3.05, 3.63) is 76.8 Å². The highest BCUT2D eigenvalue weighted by Crippen LogP contribution is 2.31. The summed E-state index contributed by atoms with van der Waals surface area (Å²) >= 11 is 0. The molecule has 11 nitrogen and oxygen atoms in total. The van der Waals surface area contributed by atoms with E-state index in [0.717, 1.165) is 24.5 Å². The normalized spacial score (nSPS) is 13.8. The Morgan fingerprint density at radius 3 is 2.50 bits per heavy atom. The molecule has 0 atom stereocenters. The van der Waals surface area contributed by atoms with Crippen LogP contribution >= 0.6 is 0 Å². The zero-order chi connectivity index (χ0) is 24.5. The van der Waals surface area contributed by atoms with Crippen LogP contribution in [-0.4, -0.2) is 56.5 Å². The Kier molecular flexibility index (Phi) is 5.58. The van der Waals surface area contributed by atoms with E-state index in [9.17, 15) is 4.79 Å². The van der Waals surface area contributed by atoms with Crippen LogP contribution in [-0.2, 0) is 4.74 Å². The van der Waals surface area contributed by atoms with Gasteiger partial charge in [-0.1, -0.05) is 6.07 Å². The summed E-state index contributed by atoms with van der Waals surface area (Å²) < 4.78 is 6.88. The number of hydrogen-bond donors (Lipinski definition) is 4.